The van der Waals surface area contributed by atoms with Crippen LogP contribution in [0.15, 0.2) is 22.8 Å². The Kier molecular flexibility index (Phi) is 4.16. The van der Waals surface area contributed by atoms with E-state index >= 15 is 0 Å². The van der Waals surface area contributed by atoms with Crippen molar-refractivity contribution in [3.05, 3.63) is 24.2 Å². The maximum atomic E-state index is 12.3. The molecule has 0 radical (unpaired) electrons. The van der Waals surface area contributed by atoms with E-state index in [1.807, 2.05) is 12.1 Å². The van der Waals surface area contributed by atoms with Gasteiger partial charge in [0, 0.05) is 19.1 Å². The van der Waals surface area contributed by atoms with Crippen molar-refractivity contribution in [1.82, 2.24) is 10.2 Å². The van der Waals surface area contributed by atoms with Gasteiger partial charge in [-0.1, -0.05) is 6.42 Å². The highest BCUT2D eigenvalue weighted by molar-refractivity contribution is 5.81. The Bertz CT molecular complexity index is 530. The highest BCUT2D eigenvalue weighted by Crippen LogP contribution is 2.40. The van der Waals surface area contributed by atoms with Gasteiger partial charge in [0.2, 0.25) is 5.91 Å². The molecule has 1 spiro atoms. The van der Waals surface area contributed by atoms with E-state index in [2.05, 4.69) is 10.2 Å². The zero-order valence-electron chi connectivity index (χ0n) is 13.6. The third-order valence-electron chi connectivity index (χ3n) is 5.86. The third-order valence-corrected chi connectivity index (χ3v) is 5.86. The lowest BCUT2D eigenvalue weighted by atomic mass is 9.84. The largest absolute Gasteiger partial charge is 0.467 e. The van der Waals surface area contributed by atoms with Crippen LogP contribution in [0.1, 0.15) is 50.7 Å². The molecule has 0 bridgehead atoms. The van der Waals surface area contributed by atoms with Crippen molar-refractivity contribution in [3.63, 3.8) is 0 Å². The van der Waals surface area contributed by atoms with Gasteiger partial charge in [-0.25, -0.2) is 0 Å². The number of rotatable bonds is 4. The molecule has 1 aliphatic carbocycles. The van der Waals surface area contributed by atoms with Crippen molar-refractivity contribution in [1.29, 1.82) is 0 Å². The van der Waals surface area contributed by atoms with Crippen LogP contribution in [-0.4, -0.2) is 41.6 Å². The first kappa shape index (κ1) is 15.2. The van der Waals surface area contributed by atoms with Crippen molar-refractivity contribution in [3.8, 4) is 0 Å². The highest BCUT2D eigenvalue weighted by Gasteiger charge is 2.45. The van der Waals surface area contributed by atoms with Gasteiger partial charge in [0.15, 0.2) is 0 Å². The summed E-state index contributed by atoms with van der Waals surface area (Å²) >= 11 is 0. The van der Waals surface area contributed by atoms with E-state index in [9.17, 15) is 4.79 Å². The number of furan rings is 1. The molecule has 5 heteroatoms. The molecular weight excluding hydrogens is 292 g/mol. The lowest BCUT2D eigenvalue weighted by molar-refractivity contribution is -0.142. The second-order valence-electron chi connectivity index (χ2n) is 7.25. The lowest BCUT2D eigenvalue weighted by Crippen LogP contribution is -2.50. The number of nitrogens with zero attached hydrogens (tertiary/aromatic N) is 1. The maximum Gasteiger partial charge on any atom is 0.249 e. The van der Waals surface area contributed by atoms with Gasteiger partial charge in [-0.2, -0.15) is 0 Å². The number of carbonyl (C=O) groups is 1. The van der Waals surface area contributed by atoms with Crippen LogP contribution < -0.4 is 5.32 Å². The van der Waals surface area contributed by atoms with Gasteiger partial charge in [-0.3, -0.25) is 4.79 Å². The fourth-order valence-corrected chi connectivity index (χ4v) is 4.12. The molecule has 4 rings (SSSR count). The summed E-state index contributed by atoms with van der Waals surface area (Å²) in [5.74, 6) is 0.777. The summed E-state index contributed by atoms with van der Waals surface area (Å²) in [6.45, 7) is 2.70. The first-order valence-corrected chi connectivity index (χ1v) is 8.96. The van der Waals surface area contributed by atoms with E-state index in [4.69, 9.17) is 9.15 Å². The predicted octanol–water partition coefficient (Wildman–Crippen LogP) is 2.46. The van der Waals surface area contributed by atoms with Crippen LogP contribution in [0.5, 0.6) is 0 Å². The average Bonchev–Trinajstić information content (AvgIpc) is 3.16. The number of amides is 1. The van der Waals surface area contributed by atoms with E-state index in [0.29, 0.717) is 6.54 Å². The number of hydrogen-bond acceptors (Lipinski definition) is 4. The Balaban J connectivity index is 1.26. The molecule has 3 heterocycles. The Morgan fingerprint density at radius 1 is 1.26 bits per heavy atom. The van der Waals surface area contributed by atoms with E-state index in [0.717, 1.165) is 50.6 Å². The number of hydrogen-bond donors (Lipinski definition) is 1. The van der Waals surface area contributed by atoms with Crippen molar-refractivity contribution < 1.29 is 13.9 Å². The minimum atomic E-state index is -0.291. The first-order valence-electron chi connectivity index (χ1n) is 8.96. The summed E-state index contributed by atoms with van der Waals surface area (Å²) < 4.78 is 11.5. The SMILES string of the molecule is O=C(NCc1ccco1)[C@@H]1CCC2(CCN(C3CCC3)CC2)O1. The molecule has 1 atom stereocenters. The van der Waals surface area contributed by atoms with E-state index < -0.39 is 0 Å². The lowest BCUT2D eigenvalue weighted by Gasteiger charge is -2.45. The van der Waals surface area contributed by atoms with E-state index in [1.165, 1.54) is 19.3 Å². The average molecular weight is 318 g/mol. The van der Waals surface area contributed by atoms with Gasteiger partial charge in [0.25, 0.3) is 0 Å². The van der Waals surface area contributed by atoms with Gasteiger partial charge in [-0.15, -0.1) is 0 Å². The first-order chi connectivity index (χ1) is 11.2. The third kappa shape index (κ3) is 3.17. The van der Waals surface area contributed by atoms with Crippen molar-refractivity contribution in [2.45, 2.75) is 69.2 Å². The van der Waals surface area contributed by atoms with Crippen LogP contribution >= 0.6 is 0 Å². The van der Waals surface area contributed by atoms with E-state index in [1.54, 1.807) is 6.26 Å². The van der Waals surface area contributed by atoms with Crippen molar-refractivity contribution >= 4 is 5.91 Å². The number of nitrogens with one attached hydrogen (secondary N) is 1. The monoisotopic (exact) mass is 318 g/mol. The molecule has 126 valence electrons. The summed E-state index contributed by atoms with van der Waals surface area (Å²) in [5, 5.41) is 2.93. The normalized spacial score (nSPS) is 27.9. The van der Waals surface area contributed by atoms with Crippen LogP contribution in [0.25, 0.3) is 0 Å². The molecule has 2 aliphatic heterocycles. The summed E-state index contributed by atoms with van der Waals surface area (Å²) in [7, 11) is 0. The number of ether oxygens (including phenoxy) is 1. The molecule has 1 N–H and O–H groups in total. The summed E-state index contributed by atoms with van der Waals surface area (Å²) in [4.78, 5) is 14.9. The maximum absolute atomic E-state index is 12.3. The molecule has 2 saturated heterocycles. The Morgan fingerprint density at radius 3 is 2.74 bits per heavy atom. The minimum absolute atomic E-state index is 0.000280. The Hall–Kier alpha value is -1.33. The highest BCUT2D eigenvalue weighted by atomic mass is 16.5. The van der Waals surface area contributed by atoms with Crippen LogP contribution in [0.2, 0.25) is 0 Å². The summed E-state index contributed by atoms with van der Waals surface area (Å²) in [6.07, 6.45) is 9.46. The zero-order chi connectivity index (χ0) is 15.7. The smallest absolute Gasteiger partial charge is 0.249 e. The Labute approximate surface area is 137 Å². The molecule has 0 aromatic carbocycles. The minimum Gasteiger partial charge on any atom is -0.467 e. The number of carbonyl (C=O) groups excluding carboxylic acids is 1. The summed E-state index contributed by atoms with van der Waals surface area (Å²) in [5.41, 5.74) is -0.0487. The molecule has 3 fully saturated rings. The standard InChI is InChI=1S/C18H26N2O3/c21-17(19-13-15-5-2-12-22-15)16-6-7-18(23-16)8-10-20(11-9-18)14-3-1-4-14/h2,5,12,14,16H,1,3-4,6-11,13H2,(H,19,21)/t16-/m0/s1. The van der Waals surface area contributed by atoms with Crippen LogP contribution in [-0.2, 0) is 16.1 Å². The topological polar surface area (TPSA) is 54.7 Å². The number of piperidine rings is 1. The molecule has 1 saturated carbocycles. The van der Waals surface area contributed by atoms with E-state index in [-0.39, 0.29) is 17.6 Å². The predicted molar refractivity (Wildman–Crippen MR) is 85.8 cm³/mol. The van der Waals surface area contributed by atoms with Crippen LogP contribution in [0.3, 0.4) is 0 Å². The van der Waals surface area contributed by atoms with Crippen molar-refractivity contribution in [2.75, 3.05) is 13.1 Å². The molecular formula is C18H26N2O3. The molecule has 23 heavy (non-hydrogen) atoms. The van der Waals surface area contributed by atoms with Crippen LogP contribution in [0.4, 0.5) is 0 Å². The molecule has 5 nitrogen and oxygen atoms in total. The van der Waals surface area contributed by atoms with Crippen molar-refractivity contribution in [2.24, 2.45) is 0 Å². The molecule has 0 unspecified atom stereocenters. The zero-order valence-corrected chi connectivity index (χ0v) is 13.6. The molecule has 3 aliphatic rings. The second-order valence-corrected chi connectivity index (χ2v) is 7.25. The molecule has 1 aromatic rings. The quantitative estimate of drug-likeness (QED) is 0.926. The van der Waals surface area contributed by atoms with Gasteiger partial charge in [0.1, 0.15) is 11.9 Å². The van der Waals surface area contributed by atoms with Gasteiger partial charge < -0.3 is 19.4 Å². The molecule has 1 amide bonds. The summed E-state index contributed by atoms with van der Waals surface area (Å²) in [6, 6.07) is 4.52. The van der Waals surface area contributed by atoms with Gasteiger partial charge >= 0.3 is 0 Å². The van der Waals surface area contributed by atoms with Gasteiger partial charge in [0.05, 0.1) is 18.4 Å². The number of likely N-dealkylation sites (tertiary alicyclic amines) is 1. The Morgan fingerprint density at radius 2 is 2.09 bits per heavy atom. The fourth-order valence-electron chi connectivity index (χ4n) is 4.12. The second kappa shape index (κ2) is 6.29. The van der Waals surface area contributed by atoms with Gasteiger partial charge in [-0.05, 0) is 50.7 Å². The fraction of sp³-hybridized carbons (Fsp3) is 0.722. The molecule has 1 aromatic heterocycles. The van der Waals surface area contributed by atoms with Crippen LogP contribution in [0, 0.1) is 0 Å².